The monoisotopic (exact) mass is 425 g/mol. The molecule has 0 saturated heterocycles. The van der Waals surface area contributed by atoms with Gasteiger partial charge in [0.15, 0.2) is 5.92 Å². The van der Waals surface area contributed by atoms with Crippen LogP contribution in [0.25, 0.3) is 11.0 Å². The molecule has 3 aromatic rings. The van der Waals surface area contributed by atoms with Gasteiger partial charge in [-0.05, 0) is 43.2 Å². The zero-order valence-corrected chi connectivity index (χ0v) is 17.5. The lowest BCUT2D eigenvalue weighted by Crippen LogP contribution is -2.50. The van der Waals surface area contributed by atoms with Crippen LogP contribution in [0.1, 0.15) is 24.9 Å². The maximum Gasteiger partial charge on any atom is 0.321 e. The van der Waals surface area contributed by atoms with Gasteiger partial charge in [0.2, 0.25) is 11.9 Å². The van der Waals surface area contributed by atoms with E-state index in [0.29, 0.717) is 36.6 Å². The van der Waals surface area contributed by atoms with Gasteiger partial charge in [0, 0.05) is 20.3 Å². The number of carbonyl (C=O) groups excluding carboxylic acids is 2. The van der Waals surface area contributed by atoms with Crippen molar-refractivity contribution in [2.24, 2.45) is 5.92 Å². The standard InChI is InChI=1S/C23H24FN3O4/c1-3-31-22(29)19-20(15-8-6-9-16(24)14-15)27-18-11-5-4-10-17(18)25-23(27)26(21(19)28)12-7-13-30-2/h4-6,8-11,14,19-20H,3,7,12-13H2,1-2H3/t19-,20+/m0/s1. The molecule has 2 heterocycles. The van der Waals surface area contributed by atoms with E-state index >= 15 is 0 Å². The number of para-hydroxylation sites is 2. The number of benzene rings is 2. The Morgan fingerprint density at radius 2 is 2.00 bits per heavy atom. The summed E-state index contributed by atoms with van der Waals surface area (Å²) in [7, 11) is 1.59. The van der Waals surface area contributed by atoms with Gasteiger partial charge in [0.05, 0.1) is 23.7 Å². The van der Waals surface area contributed by atoms with E-state index in [1.807, 2.05) is 28.8 Å². The summed E-state index contributed by atoms with van der Waals surface area (Å²) in [6, 6.07) is 12.6. The maximum absolute atomic E-state index is 14.1. The van der Waals surface area contributed by atoms with E-state index in [9.17, 15) is 14.0 Å². The average Bonchev–Trinajstić information content (AvgIpc) is 3.14. The van der Waals surface area contributed by atoms with E-state index in [1.54, 1.807) is 26.2 Å². The highest BCUT2D eigenvalue weighted by Crippen LogP contribution is 2.41. The fraction of sp³-hybridized carbons (Fsp3) is 0.348. The highest BCUT2D eigenvalue weighted by Gasteiger charge is 2.47. The molecule has 1 aliphatic rings. The minimum atomic E-state index is -1.16. The lowest BCUT2D eigenvalue weighted by molar-refractivity contribution is -0.153. The number of rotatable bonds is 7. The first kappa shape index (κ1) is 21.0. The Kier molecular flexibility index (Phi) is 5.99. The smallest absolute Gasteiger partial charge is 0.321 e. The number of anilines is 1. The number of esters is 1. The topological polar surface area (TPSA) is 73.7 Å². The number of hydrogen-bond acceptors (Lipinski definition) is 5. The number of carbonyl (C=O) groups is 2. The maximum atomic E-state index is 14.1. The molecule has 0 unspecified atom stereocenters. The van der Waals surface area contributed by atoms with E-state index < -0.39 is 29.7 Å². The molecule has 0 N–H and O–H groups in total. The van der Waals surface area contributed by atoms with Crippen LogP contribution in [0.2, 0.25) is 0 Å². The molecule has 1 amide bonds. The summed E-state index contributed by atoms with van der Waals surface area (Å²) in [4.78, 5) is 32.8. The van der Waals surface area contributed by atoms with Gasteiger partial charge in [-0.3, -0.25) is 14.5 Å². The number of halogens is 1. The summed E-state index contributed by atoms with van der Waals surface area (Å²) in [6.45, 7) is 2.62. The number of fused-ring (bicyclic) bond motifs is 3. The molecule has 8 heteroatoms. The Labute approximate surface area is 179 Å². The van der Waals surface area contributed by atoms with Gasteiger partial charge in [0.1, 0.15) is 5.82 Å². The van der Waals surface area contributed by atoms with Gasteiger partial charge in [0.25, 0.3) is 0 Å². The Hall–Kier alpha value is -3.26. The number of nitrogens with zero attached hydrogens (tertiary/aromatic N) is 3. The van der Waals surface area contributed by atoms with E-state index in [1.165, 1.54) is 17.0 Å². The van der Waals surface area contributed by atoms with Crippen molar-refractivity contribution in [3.05, 3.63) is 59.9 Å². The minimum absolute atomic E-state index is 0.139. The third kappa shape index (κ3) is 3.79. The Morgan fingerprint density at radius 1 is 1.19 bits per heavy atom. The second-order valence-electron chi connectivity index (χ2n) is 7.34. The molecule has 2 aromatic carbocycles. The Balaban J connectivity index is 1.94. The molecule has 31 heavy (non-hydrogen) atoms. The van der Waals surface area contributed by atoms with Gasteiger partial charge in [-0.1, -0.05) is 24.3 Å². The predicted molar refractivity (Wildman–Crippen MR) is 113 cm³/mol. The summed E-state index contributed by atoms with van der Waals surface area (Å²) >= 11 is 0. The van der Waals surface area contributed by atoms with Crippen LogP contribution in [0.5, 0.6) is 0 Å². The summed E-state index contributed by atoms with van der Waals surface area (Å²) < 4.78 is 26.4. The molecule has 0 saturated carbocycles. The Bertz CT molecular complexity index is 1110. The molecule has 0 aliphatic carbocycles. The zero-order chi connectivity index (χ0) is 22.0. The zero-order valence-electron chi connectivity index (χ0n) is 17.5. The molecule has 7 nitrogen and oxygen atoms in total. The molecule has 0 bridgehead atoms. The number of ether oxygens (including phenoxy) is 2. The fourth-order valence-corrected chi connectivity index (χ4v) is 4.12. The number of methoxy groups -OCH3 is 1. The highest BCUT2D eigenvalue weighted by molar-refractivity contribution is 6.08. The fourth-order valence-electron chi connectivity index (χ4n) is 4.12. The molecule has 0 spiro atoms. The summed E-state index contributed by atoms with van der Waals surface area (Å²) in [6.07, 6.45) is 0.575. The first-order valence-corrected chi connectivity index (χ1v) is 10.3. The van der Waals surface area contributed by atoms with E-state index in [4.69, 9.17) is 9.47 Å². The molecule has 2 atom stereocenters. The van der Waals surface area contributed by atoms with E-state index in [0.717, 1.165) is 5.52 Å². The van der Waals surface area contributed by atoms with Gasteiger partial charge in [-0.15, -0.1) is 0 Å². The highest BCUT2D eigenvalue weighted by atomic mass is 19.1. The number of aromatic nitrogens is 2. The van der Waals surface area contributed by atoms with Crippen molar-refractivity contribution in [2.45, 2.75) is 19.4 Å². The lowest BCUT2D eigenvalue weighted by atomic mass is 9.89. The minimum Gasteiger partial charge on any atom is -0.465 e. The van der Waals surface area contributed by atoms with Crippen LogP contribution in [-0.2, 0) is 19.1 Å². The lowest BCUT2D eigenvalue weighted by Gasteiger charge is -2.38. The van der Waals surface area contributed by atoms with Crippen LogP contribution < -0.4 is 4.90 Å². The largest absolute Gasteiger partial charge is 0.465 e. The molecule has 1 aromatic heterocycles. The van der Waals surface area contributed by atoms with Crippen molar-refractivity contribution >= 4 is 28.9 Å². The van der Waals surface area contributed by atoms with Gasteiger partial charge < -0.3 is 14.0 Å². The molecule has 1 aliphatic heterocycles. The molecule has 0 fully saturated rings. The molecule has 0 radical (unpaired) electrons. The van der Waals surface area contributed by atoms with Crippen molar-refractivity contribution in [3.8, 4) is 0 Å². The van der Waals surface area contributed by atoms with Gasteiger partial charge in [-0.2, -0.15) is 0 Å². The third-order valence-corrected chi connectivity index (χ3v) is 5.41. The molecule has 162 valence electrons. The summed E-state index contributed by atoms with van der Waals surface area (Å²) in [5.41, 5.74) is 1.95. The Morgan fingerprint density at radius 3 is 2.74 bits per heavy atom. The first-order chi connectivity index (χ1) is 15.1. The van der Waals surface area contributed by atoms with Crippen LogP contribution in [0.15, 0.2) is 48.5 Å². The molecular weight excluding hydrogens is 401 g/mol. The quantitative estimate of drug-likeness (QED) is 0.330. The molecule has 4 rings (SSSR count). The molecular formula is C23H24FN3O4. The van der Waals surface area contributed by atoms with Gasteiger partial charge >= 0.3 is 5.97 Å². The van der Waals surface area contributed by atoms with Crippen LogP contribution >= 0.6 is 0 Å². The van der Waals surface area contributed by atoms with Crippen LogP contribution in [0, 0.1) is 11.7 Å². The van der Waals surface area contributed by atoms with E-state index in [-0.39, 0.29) is 6.61 Å². The number of imidazole rings is 1. The van der Waals surface area contributed by atoms with Crippen molar-refractivity contribution in [1.82, 2.24) is 9.55 Å². The normalized spacial score (nSPS) is 18.3. The predicted octanol–water partition coefficient (Wildman–Crippen LogP) is 3.33. The van der Waals surface area contributed by atoms with E-state index in [2.05, 4.69) is 4.98 Å². The average molecular weight is 425 g/mol. The van der Waals surface area contributed by atoms with Crippen LogP contribution in [0.3, 0.4) is 0 Å². The first-order valence-electron chi connectivity index (χ1n) is 10.3. The summed E-state index contributed by atoms with van der Waals surface area (Å²) in [5, 5.41) is 0. The van der Waals surface area contributed by atoms with Crippen molar-refractivity contribution in [1.29, 1.82) is 0 Å². The van der Waals surface area contributed by atoms with Crippen LogP contribution in [-0.4, -0.2) is 48.3 Å². The second kappa shape index (κ2) is 8.85. The van der Waals surface area contributed by atoms with Crippen molar-refractivity contribution in [3.63, 3.8) is 0 Å². The SMILES string of the molecule is CCOC(=O)[C@@H]1C(=O)N(CCCOC)c2nc3ccccc3n2[C@@H]1c1cccc(F)c1. The number of hydrogen-bond donors (Lipinski definition) is 0. The van der Waals surface area contributed by atoms with Crippen molar-refractivity contribution in [2.75, 3.05) is 31.8 Å². The van der Waals surface area contributed by atoms with Crippen LogP contribution in [0.4, 0.5) is 10.3 Å². The summed E-state index contributed by atoms with van der Waals surface area (Å²) in [5.74, 6) is -2.22. The van der Waals surface area contributed by atoms with Gasteiger partial charge in [-0.25, -0.2) is 9.37 Å². The third-order valence-electron chi connectivity index (χ3n) is 5.41. The number of amides is 1. The second-order valence-corrected chi connectivity index (χ2v) is 7.34. The van der Waals surface area contributed by atoms with Crippen molar-refractivity contribution < 1.29 is 23.5 Å².